The average molecular weight is 244 g/mol. The first-order valence-corrected chi connectivity index (χ1v) is 5.71. The van der Waals surface area contributed by atoms with Crippen LogP contribution in [0.25, 0.3) is 0 Å². The largest absolute Gasteiger partial charge is 0.496 e. The van der Waals surface area contributed by atoms with Crippen LogP contribution in [-0.4, -0.2) is 25.4 Å². The van der Waals surface area contributed by atoms with E-state index in [1.165, 1.54) is 0 Å². The molecule has 0 aliphatic rings. The van der Waals surface area contributed by atoms with Crippen molar-refractivity contribution in [3.8, 4) is 5.75 Å². The van der Waals surface area contributed by atoms with Gasteiger partial charge in [-0.15, -0.1) is 0 Å². The maximum atomic E-state index is 8.67. The Morgan fingerprint density at radius 3 is 2.81 bits per heavy atom. The Morgan fingerprint density at radius 2 is 2.19 bits per heavy atom. The van der Waals surface area contributed by atoms with Gasteiger partial charge in [0.1, 0.15) is 5.75 Å². The Kier molecular flexibility index (Phi) is 5.60. The van der Waals surface area contributed by atoms with Crippen molar-refractivity contribution in [3.63, 3.8) is 0 Å². The molecule has 16 heavy (non-hydrogen) atoms. The summed E-state index contributed by atoms with van der Waals surface area (Å²) < 4.78 is 5.34. The number of aliphatic hydroxyl groups is 1. The zero-order valence-electron chi connectivity index (χ0n) is 9.72. The number of nitrogens with one attached hydrogen (secondary N) is 1. The minimum absolute atomic E-state index is 0.207. The molecule has 1 rings (SSSR count). The molecule has 90 valence electrons. The molecule has 0 amide bonds. The SMILES string of the molecule is COc1c(C)cc(Cl)cc1CNCCCO. The molecule has 0 radical (unpaired) electrons. The van der Waals surface area contributed by atoms with E-state index in [0.29, 0.717) is 6.54 Å². The van der Waals surface area contributed by atoms with E-state index in [9.17, 15) is 0 Å². The van der Waals surface area contributed by atoms with Gasteiger partial charge in [-0.1, -0.05) is 11.6 Å². The highest BCUT2D eigenvalue weighted by Crippen LogP contribution is 2.27. The fourth-order valence-corrected chi connectivity index (χ4v) is 1.95. The van der Waals surface area contributed by atoms with Crippen molar-refractivity contribution in [3.05, 3.63) is 28.3 Å². The van der Waals surface area contributed by atoms with Crippen LogP contribution >= 0.6 is 11.6 Å². The van der Waals surface area contributed by atoms with E-state index < -0.39 is 0 Å². The quantitative estimate of drug-likeness (QED) is 0.753. The molecule has 1 aromatic carbocycles. The fourth-order valence-electron chi connectivity index (χ4n) is 1.65. The van der Waals surface area contributed by atoms with E-state index in [4.69, 9.17) is 21.4 Å². The van der Waals surface area contributed by atoms with Crippen LogP contribution in [0.3, 0.4) is 0 Å². The maximum Gasteiger partial charge on any atom is 0.126 e. The number of ether oxygens (including phenoxy) is 1. The van der Waals surface area contributed by atoms with Crippen LogP contribution in [-0.2, 0) is 6.54 Å². The maximum absolute atomic E-state index is 8.67. The normalized spacial score (nSPS) is 10.5. The highest BCUT2D eigenvalue weighted by Gasteiger charge is 2.07. The Labute approximate surface area is 101 Å². The summed E-state index contributed by atoms with van der Waals surface area (Å²) in [7, 11) is 1.66. The summed E-state index contributed by atoms with van der Waals surface area (Å²) in [6.45, 7) is 3.66. The lowest BCUT2D eigenvalue weighted by Crippen LogP contribution is -2.16. The summed E-state index contributed by atoms with van der Waals surface area (Å²) in [6, 6.07) is 3.79. The predicted molar refractivity (Wildman–Crippen MR) is 66.2 cm³/mol. The molecule has 0 heterocycles. The first-order valence-electron chi connectivity index (χ1n) is 5.33. The zero-order valence-corrected chi connectivity index (χ0v) is 10.5. The van der Waals surface area contributed by atoms with Crippen molar-refractivity contribution in [1.82, 2.24) is 5.32 Å². The Morgan fingerprint density at radius 1 is 1.44 bits per heavy atom. The molecule has 0 spiro atoms. The molecule has 0 aliphatic carbocycles. The van der Waals surface area contributed by atoms with Gasteiger partial charge in [0, 0.05) is 23.7 Å². The molecule has 1 aromatic rings. The van der Waals surface area contributed by atoms with Crippen LogP contribution in [0.2, 0.25) is 5.02 Å². The molecule has 0 saturated carbocycles. The average Bonchev–Trinajstić information content (AvgIpc) is 2.24. The van der Waals surface area contributed by atoms with Gasteiger partial charge in [0.25, 0.3) is 0 Å². The summed E-state index contributed by atoms with van der Waals surface area (Å²) in [5, 5.41) is 12.6. The predicted octanol–water partition coefficient (Wildman–Crippen LogP) is 2.13. The molecule has 4 heteroatoms. The third-order valence-electron chi connectivity index (χ3n) is 2.35. The first kappa shape index (κ1) is 13.3. The molecule has 2 N–H and O–H groups in total. The topological polar surface area (TPSA) is 41.5 Å². The van der Waals surface area contributed by atoms with E-state index in [0.717, 1.165) is 34.9 Å². The van der Waals surface area contributed by atoms with Gasteiger partial charge >= 0.3 is 0 Å². The van der Waals surface area contributed by atoms with Gasteiger partial charge in [-0.2, -0.15) is 0 Å². The third-order valence-corrected chi connectivity index (χ3v) is 2.57. The van der Waals surface area contributed by atoms with Gasteiger partial charge in [0.15, 0.2) is 0 Å². The first-order chi connectivity index (χ1) is 7.69. The number of benzene rings is 1. The Balaban J connectivity index is 2.69. The standard InChI is InChI=1S/C12H18ClNO2/c1-9-6-11(13)7-10(12(9)16-2)8-14-4-3-5-15/h6-7,14-15H,3-5,8H2,1-2H3. The lowest BCUT2D eigenvalue weighted by molar-refractivity contribution is 0.286. The van der Waals surface area contributed by atoms with Crippen LogP contribution in [0.15, 0.2) is 12.1 Å². The second-order valence-electron chi connectivity index (χ2n) is 3.67. The van der Waals surface area contributed by atoms with Crippen molar-refractivity contribution in [1.29, 1.82) is 0 Å². The zero-order chi connectivity index (χ0) is 12.0. The van der Waals surface area contributed by atoms with Crippen molar-refractivity contribution < 1.29 is 9.84 Å². The van der Waals surface area contributed by atoms with Crippen LogP contribution in [0.4, 0.5) is 0 Å². The molecule has 0 aliphatic heterocycles. The number of hydrogen-bond acceptors (Lipinski definition) is 3. The van der Waals surface area contributed by atoms with E-state index in [2.05, 4.69) is 5.32 Å². The second-order valence-corrected chi connectivity index (χ2v) is 4.11. The van der Waals surface area contributed by atoms with Gasteiger partial charge in [0.05, 0.1) is 7.11 Å². The lowest BCUT2D eigenvalue weighted by Gasteiger charge is -2.12. The van der Waals surface area contributed by atoms with Crippen molar-refractivity contribution in [2.75, 3.05) is 20.3 Å². The van der Waals surface area contributed by atoms with Gasteiger partial charge in [-0.05, 0) is 37.6 Å². The number of halogens is 1. The summed E-state index contributed by atoms with van der Waals surface area (Å²) in [5.41, 5.74) is 2.08. The van der Waals surface area contributed by atoms with E-state index in [1.807, 2.05) is 19.1 Å². The molecule has 0 atom stereocenters. The molecule has 3 nitrogen and oxygen atoms in total. The number of hydrogen-bond donors (Lipinski definition) is 2. The molecular formula is C12H18ClNO2. The van der Waals surface area contributed by atoms with Crippen LogP contribution in [0.5, 0.6) is 5.75 Å². The fraction of sp³-hybridized carbons (Fsp3) is 0.500. The number of methoxy groups -OCH3 is 1. The van der Waals surface area contributed by atoms with E-state index in [-0.39, 0.29) is 6.61 Å². The Bertz CT molecular complexity index is 342. The smallest absolute Gasteiger partial charge is 0.126 e. The van der Waals surface area contributed by atoms with Crippen LogP contribution < -0.4 is 10.1 Å². The molecule has 0 bridgehead atoms. The minimum Gasteiger partial charge on any atom is -0.496 e. The monoisotopic (exact) mass is 243 g/mol. The summed E-state index contributed by atoms with van der Waals surface area (Å²) >= 11 is 6.00. The molecule has 0 saturated heterocycles. The van der Waals surface area contributed by atoms with Crippen molar-refractivity contribution in [2.45, 2.75) is 19.9 Å². The van der Waals surface area contributed by atoms with Crippen molar-refractivity contribution >= 4 is 11.6 Å². The third kappa shape index (κ3) is 3.67. The van der Waals surface area contributed by atoms with Gasteiger partial charge < -0.3 is 15.2 Å². The lowest BCUT2D eigenvalue weighted by atomic mass is 10.1. The summed E-state index contributed by atoms with van der Waals surface area (Å²) in [5.74, 6) is 0.876. The Hall–Kier alpha value is -0.770. The molecule has 0 unspecified atom stereocenters. The molecule has 0 aromatic heterocycles. The summed E-state index contributed by atoms with van der Waals surface area (Å²) in [6.07, 6.45) is 0.752. The highest BCUT2D eigenvalue weighted by atomic mass is 35.5. The molecular weight excluding hydrogens is 226 g/mol. The van der Waals surface area contributed by atoms with E-state index in [1.54, 1.807) is 7.11 Å². The van der Waals surface area contributed by atoms with E-state index >= 15 is 0 Å². The van der Waals surface area contributed by atoms with Gasteiger partial charge in [-0.25, -0.2) is 0 Å². The summed E-state index contributed by atoms with van der Waals surface area (Å²) in [4.78, 5) is 0. The van der Waals surface area contributed by atoms with Crippen LogP contribution in [0, 0.1) is 6.92 Å². The van der Waals surface area contributed by atoms with Crippen molar-refractivity contribution in [2.24, 2.45) is 0 Å². The van der Waals surface area contributed by atoms with Gasteiger partial charge in [0.2, 0.25) is 0 Å². The van der Waals surface area contributed by atoms with Crippen LogP contribution in [0.1, 0.15) is 17.5 Å². The number of aliphatic hydroxyl groups excluding tert-OH is 1. The number of rotatable bonds is 6. The second kappa shape index (κ2) is 6.74. The molecule has 0 fully saturated rings. The minimum atomic E-state index is 0.207. The van der Waals surface area contributed by atoms with Gasteiger partial charge in [-0.3, -0.25) is 0 Å². The highest BCUT2D eigenvalue weighted by molar-refractivity contribution is 6.30. The number of aryl methyl sites for hydroxylation is 1.